The zero-order valence-corrected chi connectivity index (χ0v) is 10.7. The topological polar surface area (TPSA) is 56.2 Å². The van der Waals surface area contributed by atoms with E-state index >= 15 is 0 Å². The van der Waals surface area contributed by atoms with Gasteiger partial charge in [-0.2, -0.15) is 0 Å². The first-order chi connectivity index (χ1) is 8.61. The number of hydrogen-bond donors (Lipinski definition) is 0. The summed E-state index contributed by atoms with van der Waals surface area (Å²) in [5.41, 5.74) is 1.28. The molecule has 0 saturated carbocycles. The fourth-order valence-corrected chi connectivity index (χ4v) is 2.06. The van der Waals surface area contributed by atoms with E-state index in [1.165, 1.54) is 5.56 Å². The van der Waals surface area contributed by atoms with Crippen LogP contribution in [0.2, 0.25) is 0 Å². The molecule has 4 nitrogen and oxygen atoms in total. The van der Waals surface area contributed by atoms with Crippen LogP contribution in [0.3, 0.4) is 0 Å². The van der Waals surface area contributed by atoms with E-state index in [1.54, 1.807) is 0 Å². The number of benzene rings is 1. The highest BCUT2D eigenvalue weighted by Crippen LogP contribution is 2.30. The first-order valence-electron chi connectivity index (χ1n) is 6.11. The Labute approximate surface area is 106 Å². The largest absolute Gasteiger partial charge is 0.542 e. The van der Waals surface area contributed by atoms with E-state index in [4.69, 9.17) is 4.42 Å². The fourth-order valence-electron chi connectivity index (χ4n) is 2.06. The molecule has 0 N–H and O–H groups in total. The monoisotopic (exact) mass is 247 g/mol. The summed E-state index contributed by atoms with van der Waals surface area (Å²) in [6.07, 6.45) is 2.49. The molecule has 2 aromatic rings. The fraction of sp³-hybridized carbons (Fsp3) is 0.429. The molecule has 0 aliphatic carbocycles. The van der Waals surface area contributed by atoms with Crippen molar-refractivity contribution >= 4 is 0 Å². The van der Waals surface area contributed by atoms with Crippen molar-refractivity contribution in [2.45, 2.75) is 33.1 Å². The molecule has 1 aromatic heterocycles. The Morgan fingerprint density at radius 3 is 2.50 bits per heavy atom. The average molecular weight is 247 g/mol. The molecule has 0 aliphatic rings. The van der Waals surface area contributed by atoms with E-state index in [9.17, 15) is 4.79 Å². The van der Waals surface area contributed by atoms with Crippen LogP contribution in [-0.2, 0) is 12.8 Å². The average Bonchev–Trinajstić information content (AvgIpc) is 2.75. The van der Waals surface area contributed by atoms with Gasteiger partial charge < -0.3 is 4.42 Å². The van der Waals surface area contributed by atoms with Crippen molar-refractivity contribution in [3.05, 3.63) is 52.4 Å². The SMILES string of the molecule is CCC(C)(Cc1ccccc1)Cc1noc(=O)o1. The molecule has 2 rings (SSSR count). The lowest BCUT2D eigenvalue weighted by molar-refractivity contribution is 0.273. The van der Waals surface area contributed by atoms with E-state index in [1.807, 2.05) is 18.2 Å². The Bertz CT molecular complexity index is 543. The zero-order valence-electron chi connectivity index (χ0n) is 10.7. The van der Waals surface area contributed by atoms with Crippen LogP contribution in [0.15, 0.2) is 44.1 Å². The van der Waals surface area contributed by atoms with Gasteiger partial charge in [0.2, 0.25) is 5.89 Å². The molecule has 1 unspecified atom stereocenters. The second kappa shape index (κ2) is 5.21. The summed E-state index contributed by atoms with van der Waals surface area (Å²) in [5.74, 6) is -0.358. The van der Waals surface area contributed by atoms with Gasteiger partial charge in [0.1, 0.15) is 0 Å². The summed E-state index contributed by atoms with van der Waals surface area (Å²) < 4.78 is 9.32. The predicted octanol–water partition coefficient (Wildman–Crippen LogP) is 2.83. The minimum Gasteiger partial charge on any atom is -0.375 e. The molecule has 96 valence electrons. The minimum atomic E-state index is -0.733. The van der Waals surface area contributed by atoms with Crippen molar-refractivity contribution < 1.29 is 8.94 Å². The van der Waals surface area contributed by atoms with Gasteiger partial charge in [-0.3, -0.25) is 4.52 Å². The highest BCUT2D eigenvalue weighted by atomic mass is 16.6. The van der Waals surface area contributed by atoms with Gasteiger partial charge >= 0.3 is 5.82 Å². The van der Waals surface area contributed by atoms with Crippen molar-refractivity contribution in [2.75, 3.05) is 0 Å². The predicted molar refractivity (Wildman–Crippen MR) is 67.3 cm³/mol. The minimum absolute atomic E-state index is 0.00810. The molecule has 0 spiro atoms. The Kier molecular flexibility index (Phi) is 3.65. The first kappa shape index (κ1) is 12.6. The molecule has 4 heteroatoms. The van der Waals surface area contributed by atoms with Crippen molar-refractivity contribution in [3.8, 4) is 0 Å². The Morgan fingerprint density at radius 1 is 1.22 bits per heavy atom. The van der Waals surface area contributed by atoms with Crippen LogP contribution in [0.1, 0.15) is 31.7 Å². The molecule has 0 radical (unpaired) electrons. The molecule has 0 fully saturated rings. The number of hydrogen-bond acceptors (Lipinski definition) is 4. The molecule has 1 heterocycles. The normalized spacial score (nSPS) is 14.3. The van der Waals surface area contributed by atoms with Crippen molar-refractivity contribution in [1.29, 1.82) is 0 Å². The van der Waals surface area contributed by atoms with Crippen LogP contribution in [0.4, 0.5) is 0 Å². The summed E-state index contributed by atoms with van der Waals surface area (Å²) >= 11 is 0. The summed E-state index contributed by atoms with van der Waals surface area (Å²) in [7, 11) is 0. The van der Waals surface area contributed by atoms with E-state index < -0.39 is 5.82 Å². The first-order valence-corrected chi connectivity index (χ1v) is 6.11. The highest BCUT2D eigenvalue weighted by molar-refractivity contribution is 5.16. The van der Waals surface area contributed by atoms with Gasteiger partial charge in [-0.05, 0) is 29.0 Å². The summed E-state index contributed by atoms with van der Waals surface area (Å²) in [6.45, 7) is 4.29. The molecule has 0 aliphatic heterocycles. The third kappa shape index (κ3) is 3.09. The second-order valence-electron chi connectivity index (χ2n) is 4.93. The summed E-state index contributed by atoms with van der Waals surface area (Å²) in [4.78, 5) is 10.8. The van der Waals surface area contributed by atoms with Crippen LogP contribution in [0, 0.1) is 5.41 Å². The second-order valence-corrected chi connectivity index (χ2v) is 4.93. The van der Waals surface area contributed by atoms with Crippen LogP contribution in [0.25, 0.3) is 0 Å². The maximum atomic E-state index is 10.8. The van der Waals surface area contributed by atoms with E-state index in [2.05, 4.69) is 35.7 Å². The lowest BCUT2D eigenvalue weighted by Crippen LogP contribution is -2.22. The van der Waals surface area contributed by atoms with Crippen LogP contribution < -0.4 is 5.82 Å². The Morgan fingerprint density at radius 2 is 1.94 bits per heavy atom. The summed E-state index contributed by atoms with van der Waals surface area (Å²) in [6, 6.07) is 10.3. The van der Waals surface area contributed by atoms with Gasteiger partial charge in [0, 0.05) is 6.42 Å². The highest BCUT2D eigenvalue weighted by Gasteiger charge is 2.26. The third-order valence-corrected chi connectivity index (χ3v) is 3.33. The molecular weight excluding hydrogens is 230 g/mol. The molecule has 1 atom stereocenters. The Balaban J connectivity index is 2.13. The van der Waals surface area contributed by atoms with Crippen LogP contribution >= 0.6 is 0 Å². The molecular formula is C14H17NO3. The van der Waals surface area contributed by atoms with E-state index in [0.29, 0.717) is 12.3 Å². The van der Waals surface area contributed by atoms with E-state index in [0.717, 1.165) is 12.8 Å². The van der Waals surface area contributed by atoms with E-state index in [-0.39, 0.29) is 5.41 Å². The molecule has 0 saturated heterocycles. The number of aromatic nitrogens is 1. The summed E-state index contributed by atoms with van der Waals surface area (Å²) in [5, 5.41) is 3.64. The lowest BCUT2D eigenvalue weighted by Gasteiger charge is -2.26. The van der Waals surface area contributed by atoms with Crippen molar-refractivity contribution in [2.24, 2.45) is 5.41 Å². The maximum absolute atomic E-state index is 10.8. The Hall–Kier alpha value is -1.84. The van der Waals surface area contributed by atoms with Gasteiger partial charge in [-0.1, -0.05) is 44.2 Å². The van der Waals surface area contributed by atoms with Gasteiger partial charge in [0.05, 0.1) is 0 Å². The molecule has 1 aromatic carbocycles. The van der Waals surface area contributed by atoms with Gasteiger partial charge in [0.15, 0.2) is 0 Å². The van der Waals surface area contributed by atoms with Gasteiger partial charge in [-0.15, -0.1) is 0 Å². The molecule has 18 heavy (non-hydrogen) atoms. The van der Waals surface area contributed by atoms with Gasteiger partial charge in [-0.25, -0.2) is 4.79 Å². The third-order valence-electron chi connectivity index (χ3n) is 3.33. The smallest absolute Gasteiger partial charge is 0.375 e. The number of nitrogens with zero attached hydrogens (tertiary/aromatic N) is 1. The standard InChI is InChI=1S/C14H17NO3/c1-3-14(2,9-11-7-5-4-6-8-11)10-12-15-18-13(16)17-12/h4-8H,3,9-10H2,1-2H3. The maximum Gasteiger partial charge on any atom is 0.542 e. The van der Waals surface area contributed by atoms with Crippen molar-refractivity contribution in [1.82, 2.24) is 5.16 Å². The van der Waals surface area contributed by atoms with Crippen molar-refractivity contribution in [3.63, 3.8) is 0 Å². The van der Waals surface area contributed by atoms with Crippen LogP contribution in [-0.4, -0.2) is 5.16 Å². The van der Waals surface area contributed by atoms with Crippen LogP contribution in [0.5, 0.6) is 0 Å². The molecule has 0 bridgehead atoms. The molecule has 0 amide bonds. The zero-order chi connectivity index (χ0) is 13.0. The lowest BCUT2D eigenvalue weighted by atomic mass is 9.78. The quantitative estimate of drug-likeness (QED) is 0.815. The van der Waals surface area contributed by atoms with Gasteiger partial charge in [0.25, 0.3) is 0 Å². The number of rotatable bonds is 5.